The molecule has 0 amide bonds. The number of thiocarbonyl (C=S) groups is 1. The van der Waals surface area contributed by atoms with Crippen LogP contribution >= 0.6 is 23.8 Å². The fourth-order valence-electron chi connectivity index (χ4n) is 2.43. The summed E-state index contributed by atoms with van der Waals surface area (Å²) in [4.78, 5) is 0. The molecule has 3 aromatic carbocycles. The number of benzene rings is 3. The molecule has 132 valence electrons. The van der Waals surface area contributed by atoms with Gasteiger partial charge in [-0.3, -0.25) is 0 Å². The predicted molar refractivity (Wildman–Crippen MR) is 112 cm³/mol. The average molecular weight is 383 g/mol. The van der Waals surface area contributed by atoms with Gasteiger partial charge in [0.2, 0.25) is 0 Å². The lowest BCUT2D eigenvalue weighted by atomic mass is 10.1. The third-order valence-electron chi connectivity index (χ3n) is 3.81. The third-order valence-corrected chi connectivity index (χ3v) is 4.28. The minimum Gasteiger partial charge on any atom is -0.457 e. The molecular formula is C21H19ClN2OS. The van der Waals surface area contributed by atoms with Crippen molar-refractivity contribution in [1.82, 2.24) is 5.32 Å². The minimum absolute atomic E-state index is 0.128. The van der Waals surface area contributed by atoms with Crippen molar-refractivity contribution in [3.05, 3.63) is 89.4 Å². The quantitative estimate of drug-likeness (QED) is 0.516. The molecule has 3 aromatic rings. The van der Waals surface area contributed by atoms with Gasteiger partial charge in [-0.2, -0.15) is 0 Å². The van der Waals surface area contributed by atoms with Crippen LogP contribution in [0.5, 0.6) is 11.5 Å². The van der Waals surface area contributed by atoms with Gasteiger partial charge in [0.15, 0.2) is 5.11 Å². The zero-order valence-electron chi connectivity index (χ0n) is 14.3. The molecule has 0 spiro atoms. The highest BCUT2D eigenvalue weighted by molar-refractivity contribution is 7.80. The lowest BCUT2D eigenvalue weighted by Crippen LogP contribution is -2.30. The van der Waals surface area contributed by atoms with Crippen LogP contribution in [0.3, 0.4) is 0 Å². The van der Waals surface area contributed by atoms with Crippen LogP contribution in [0, 0.1) is 0 Å². The van der Waals surface area contributed by atoms with E-state index in [9.17, 15) is 0 Å². The van der Waals surface area contributed by atoms with Crippen molar-refractivity contribution in [1.29, 1.82) is 0 Å². The number of anilines is 1. The average Bonchev–Trinajstić information content (AvgIpc) is 2.66. The van der Waals surface area contributed by atoms with Gasteiger partial charge in [0.25, 0.3) is 0 Å². The van der Waals surface area contributed by atoms with Gasteiger partial charge in [0, 0.05) is 10.7 Å². The first-order valence-corrected chi connectivity index (χ1v) is 9.05. The number of ether oxygens (including phenoxy) is 1. The van der Waals surface area contributed by atoms with Crippen molar-refractivity contribution in [2.45, 2.75) is 13.0 Å². The Kier molecular flexibility index (Phi) is 6.10. The van der Waals surface area contributed by atoms with Gasteiger partial charge in [-0.15, -0.1) is 0 Å². The standard InChI is InChI=1S/C21H19ClN2OS/c1-15(16-5-3-2-4-6-16)23-21(26)24-18-9-13-20(14-10-18)25-19-11-7-17(22)8-12-19/h2-15H,1H3,(H2,23,24,26)/t15-/m0/s1. The topological polar surface area (TPSA) is 33.3 Å². The summed E-state index contributed by atoms with van der Waals surface area (Å²) >= 11 is 11.3. The highest BCUT2D eigenvalue weighted by atomic mass is 35.5. The largest absolute Gasteiger partial charge is 0.457 e. The van der Waals surface area contributed by atoms with Crippen molar-refractivity contribution in [3.63, 3.8) is 0 Å². The van der Waals surface area contributed by atoms with E-state index < -0.39 is 0 Å². The molecule has 0 fully saturated rings. The molecule has 0 unspecified atom stereocenters. The van der Waals surface area contributed by atoms with Crippen LogP contribution < -0.4 is 15.4 Å². The Morgan fingerprint density at radius 1 is 0.885 bits per heavy atom. The van der Waals surface area contributed by atoms with Crippen molar-refractivity contribution in [3.8, 4) is 11.5 Å². The summed E-state index contributed by atoms with van der Waals surface area (Å²) in [6.07, 6.45) is 0. The lowest BCUT2D eigenvalue weighted by Gasteiger charge is -2.17. The van der Waals surface area contributed by atoms with Crippen LogP contribution in [0.15, 0.2) is 78.9 Å². The zero-order valence-corrected chi connectivity index (χ0v) is 15.8. The van der Waals surface area contributed by atoms with Gasteiger partial charge < -0.3 is 15.4 Å². The fraction of sp³-hybridized carbons (Fsp3) is 0.0952. The van der Waals surface area contributed by atoms with Crippen LogP contribution in [0.25, 0.3) is 0 Å². The van der Waals surface area contributed by atoms with Gasteiger partial charge in [-0.05, 0) is 73.2 Å². The molecule has 0 saturated heterocycles. The highest BCUT2D eigenvalue weighted by Gasteiger charge is 2.06. The van der Waals surface area contributed by atoms with Crippen molar-refractivity contribution >= 4 is 34.6 Å². The van der Waals surface area contributed by atoms with Crippen LogP contribution in [-0.2, 0) is 0 Å². The second-order valence-electron chi connectivity index (χ2n) is 5.81. The third kappa shape index (κ3) is 5.22. The molecule has 0 heterocycles. The van der Waals surface area contributed by atoms with E-state index in [0.29, 0.717) is 10.1 Å². The van der Waals surface area contributed by atoms with Gasteiger partial charge in [-0.25, -0.2) is 0 Å². The molecule has 0 aromatic heterocycles. The molecule has 0 aliphatic rings. The molecule has 0 bridgehead atoms. The first kappa shape index (κ1) is 18.2. The summed E-state index contributed by atoms with van der Waals surface area (Å²) in [5.41, 5.74) is 2.08. The zero-order chi connectivity index (χ0) is 18.4. The van der Waals surface area contributed by atoms with E-state index in [4.69, 9.17) is 28.6 Å². The summed E-state index contributed by atoms with van der Waals surface area (Å²) < 4.78 is 5.78. The van der Waals surface area contributed by atoms with Crippen molar-refractivity contribution in [2.75, 3.05) is 5.32 Å². The summed E-state index contributed by atoms with van der Waals surface area (Å²) in [5.74, 6) is 1.48. The van der Waals surface area contributed by atoms with E-state index in [1.165, 1.54) is 5.56 Å². The van der Waals surface area contributed by atoms with Crippen LogP contribution in [-0.4, -0.2) is 5.11 Å². The molecule has 3 nitrogen and oxygen atoms in total. The minimum atomic E-state index is 0.128. The van der Waals surface area contributed by atoms with Crippen molar-refractivity contribution < 1.29 is 4.74 Å². The smallest absolute Gasteiger partial charge is 0.171 e. The number of hydrogen-bond acceptors (Lipinski definition) is 2. The molecule has 0 radical (unpaired) electrons. The highest BCUT2D eigenvalue weighted by Crippen LogP contribution is 2.24. The molecular weight excluding hydrogens is 364 g/mol. The van der Waals surface area contributed by atoms with Crippen LogP contribution in [0.4, 0.5) is 5.69 Å². The fourth-order valence-corrected chi connectivity index (χ4v) is 2.85. The van der Waals surface area contributed by atoms with E-state index >= 15 is 0 Å². The molecule has 1 atom stereocenters. The molecule has 0 aliphatic carbocycles. The van der Waals surface area contributed by atoms with Crippen LogP contribution in [0.2, 0.25) is 5.02 Å². The first-order valence-electron chi connectivity index (χ1n) is 8.26. The Hall–Kier alpha value is -2.56. The summed E-state index contributed by atoms with van der Waals surface area (Å²) in [6, 6.07) is 25.2. The Bertz CT molecular complexity index is 851. The molecule has 26 heavy (non-hydrogen) atoms. The molecule has 3 rings (SSSR count). The van der Waals surface area contributed by atoms with E-state index in [-0.39, 0.29) is 6.04 Å². The lowest BCUT2D eigenvalue weighted by molar-refractivity contribution is 0.483. The number of nitrogens with one attached hydrogen (secondary N) is 2. The van der Waals surface area contributed by atoms with E-state index in [1.807, 2.05) is 54.6 Å². The van der Waals surface area contributed by atoms with Gasteiger partial charge in [0.05, 0.1) is 6.04 Å². The number of halogens is 1. The van der Waals surface area contributed by atoms with Gasteiger partial charge >= 0.3 is 0 Å². The molecule has 5 heteroatoms. The molecule has 2 N–H and O–H groups in total. The van der Waals surface area contributed by atoms with E-state index in [0.717, 1.165) is 17.2 Å². The second-order valence-corrected chi connectivity index (χ2v) is 6.66. The maximum atomic E-state index is 5.88. The number of rotatable bonds is 5. The maximum Gasteiger partial charge on any atom is 0.171 e. The number of hydrogen-bond donors (Lipinski definition) is 2. The Balaban J connectivity index is 1.55. The molecule has 0 aliphatic heterocycles. The Morgan fingerprint density at radius 2 is 1.46 bits per heavy atom. The summed E-state index contributed by atoms with van der Waals surface area (Å²) in [5, 5.41) is 7.73. The maximum absolute atomic E-state index is 5.88. The first-order chi connectivity index (χ1) is 12.6. The predicted octanol–water partition coefficient (Wildman–Crippen LogP) is 6.18. The van der Waals surface area contributed by atoms with Crippen LogP contribution in [0.1, 0.15) is 18.5 Å². The molecule has 0 saturated carbocycles. The monoisotopic (exact) mass is 382 g/mol. The van der Waals surface area contributed by atoms with Crippen molar-refractivity contribution in [2.24, 2.45) is 0 Å². The Labute approximate surface area is 164 Å². The normalized spacial score (nSPS) is 11.5. The van der Waals surface area contributed by atoms with Gasteiger partial charge in [0.1, 0.15) is 11.5 Å². The van der Waals surface area contributed by atoms with E-state index in [2.05, 4.69) is 29.7 Å². The van der Waals surface area contributed by atoms with Gasteiger partial charge in [-0.1, -0.05) is 41.9 Å². The second kappa shape index (κ2) is 8.70. The Morgan fingerprint density at radius 3 is 2.08 bits per heavy atom. The SMILES string of the molecule is C[C@H](NC(=S)Nc1ccc(Oc2ccc(Cl)cc2)cc1)c1ccccc1. The summed E-state index contributed by atoms with van der Waals surface area (Å²) in [6.45, 7) is 2.08. The van der Waals surface area contributed by atoms with E-state index in [1.54, 1.807) is 12.1 Å². The summed E-state index contributed by atoms with van der Waals surface area (Å²) in [7, 11) is 0.